The Hall–Kier alpha value is -1.57. The Morgan fingerprint density at radius 3 is 3.20 bits per heavy atom. The molecule has 0 fully saturated rings. The van der Waals surface area contributed by atoms with Gasteiger partial charge in [0.15, 0.2) is 0 Å². The Kier molecular flexibility index (Phi) is 3.18. The largest absolute Gasteiger partial charge is 0.320 e. The van der Waals surface area contributed by atoms with Crippen LogP contribution in [0.25, 0.3) is 0 Å². The van der Waals surface area contributed by atoms with Gasteiger partial charge in [0.2, 0.25) is 0 Å². The van der Waals surface area contributed by atoms with Crippen molar-refractivity contribution in [1.82, 2.24) is 9.78 Å². The van der Waals surface area contributed by atoms with Crippen LogP contribution in [0.5, 0.6) is 0 Å². The van der Waals surface area contributed by atoms with Crippen LogP contribution in [-0.2, 0) is 6.54 Å². The lowest BCUT2D eigenvalue weighted by Crippen LogP contribution is -1.99. The highest BCUT2D eigenvalue weighted by Crippen LogP contribution is 2.16. The molecule has 76 valence electrons. The topological polar surface area (TPSA) is 43.8 Å². The van der Waals surface area contributed by atoms with Gasteiger partial charge in [0, 0.05) is 22.8 Å². The van der Waals surface area contributed by atoms with Gasteiger partial charge < -0.3 is 5.73 Å². The first-order valence-corrected chi connectivity index (χ1v) is 5.51. The summed E-state index contributed by atoms with van der Waals surface area (Å²) in [6, 6.07) is 3.94. The van der Waals surface area contributed by atoms with E-state index in [9.17, 15) is 0 Å². The fraction of sp³-hybridized carbons (Fsp3) is 0.182. The van der Waals surface area contributed by atoms with E-state index in [0.29, 0.717) is 6.54 Å². The van der Waals surface area contributed by atoms with E-state index in [0.717, 1.165) is 12.1 Å². The Labute approximate surface area is 92.5 Å². The van der Waals surface area contributed by atoms with Crippen molar-refractivity contribution in [2.75, 3.05) is 6.54 Å². The monoisotopic (exact) mass is 217 g/mol. The third kappa shape index (κ3) is 2.46. The SMILES string of the molecule is NCC#Cc1ccsc1Cn1cccn1. The van der Waals surface area contributed by atoms with Gasteiger partial charge in [-0.05, 0) is 17.5 Å². The van der Waals surface area contributed by atoms with Crippen molar-refractivity contribution in [2.45, 2.75) is 6.54 Å². The van der Waals surface area contributed by atoms with Gasteiger partial charge in [-0.25, -0.2) is 0 Å². The summed E-state index contributed by atoms with van der Waals surface area (Å²) in [5.41, 5.74) is 6.40. The van der Waals surface area contributed by atoms with Gasteiger partial charge in [0.05, 0.1) is 13.1 Å². The van der Waals surface area contributed by atoms with Gasteiger partial charge in [-0.3, -0.25) is 4.68 Å². The summed E-state index contributed by atoms with van der Waals surface area (Å²) in [4.78, 5) is 1.22. The molecule has 0 aliphatic rings. The van der Waals surface area contributed by atoms with Crippen molar-refractivity contribution in [1.29, 1.82) is 0 Å². The van der Waals surface area contributed by atoms with Gasteiger partial charge in [0.1, 0.15) is 0 Å². The van der Waals surface area contributed by atoms with Crippen molar-refractivity contribution < 1.29 is 0 Å². The van der Waals surface area contributed by atoms with Gasteiger partial charge in [0.25, 0.3) is 0 Å². The molecule has 0 atom stereocenters. The minimum Gasteiger partial charge on any atom is -0.320 e. The molecule has 0 saturated heterocycles. The number of aromatic nitrogens is 2. The molecular weight excluding hydrogens is 206 g/mol. The summed E-state index contributed by atoms with van der Waals surface area (Å²) < 4.78 is 1.89. The Bertz CT molecular complexity index is 473. The van der Waals surface area contributed by atoms with Crippen LogP contribution in [0.15, 0.2) is 29.9 Å². The summed E-state index contributed by atoms with van der Waals surface area (Å²) >= 11 is 1.69. The molecule has 2 N–H and O–H groups in total. The molecule has 4 heteroatoms. The van der Waals surface area contributed by atoms with Gasteiger partial charge in [-0.15, -0.1) is 11.3 Å². The van der Waals surface area contributed by atoms with Crippen molar-refractivity contribution in [3.05, 3.63) is 40.3 Å². The molecule has 0 unspecified atom stereocenters. The van der Waals surface area contributed by atoms with Gasteiger partial charge >= 0.3 is 0 Å². The molecule has 2 heterocycles. The Balaban J connectivity index is 2.18. The minimum atomic E-state index is 0.400. The van der Waals surface area contributed by atoms with Crippen LogP contribution < -0.4 is 5.73 Å². The van der Waals surface area contributed by atoms with Crippen molar-refractivity contribution in [3.63, 3.8) is 0 Å². The van der Waals surface area contributed by atoms with E-state index >= 15 is 0 Å². The van der Waals surface area contributed by atoms with E-state index in [1.807, 2.05) is 28.4 Å². The number of nitrogens with zero attached hydrogens (tertiary/aromatic N) is 2. The molecule has 0 spiro atoms. The molecule has 0 bridgehead atoms. The van der Waals surface area contributed by atoms with Crippen LogP contribution in [0, 0.1) is 11.8 Å². The van der Waals surface area contributed by atoms with Crippen LogP contribution in [-0.4, -0.2) is 16.3 Å². The molecule has 0 aromatic carbocycles. The molecule has 2 rings (SSSR count). The van der Waals surface area contributed by atoms with Crippen molar-refractivity contribution >= 4 is 11.3 Å². The fourth-order valence-electron chi connectivity index (χ4n) is 1.26. The van der Waals surface area contributed by atoms with Crippen molar-refractivity contribution in [2.24, 2.45) is 5.73 Å². The number of hydrogen-bond donors (Lipinski definition) is 1. The standard InChI is InChI=1S/C11H11N3S/c12-5-1-3-10-4-8-15-11(10)9-14-7-2-6-13-14/h2,4,6-8H,5,9,12H2. The van der Waals surface area contributed by atoms with E-state index in [-0.39, 0.29) is 0 Å². The summed E-state index contributed by atoms with van der Waals surface area (Å²) in [6.07, 6.45) is 3.72. The fourth-order valence-corrected chi connectivity index (χ4v) is 2.08. The summed E-state index contributed by atoms with van der Waals surface area (Å²) in [7, 11) is 0. The molecule has 0 amide bonds. The van der Waals surface area contributed by atoms with E-state index in [1.54, 1.807) is 17.5 Å². The molecule has 2 aromatic rings. The third-order valence-electron chi connectivity index (χ3n) is 1.94. The second kappa shape index (κ2) is 4.78. The third-order valence-corrected chi connectivity index (χ3v) is 2.84. The highest BCUT2D eigenvalue weighted by atomic mass is 32.1. The van der Waals surface area contributed by atoms with E-state index in [1.165, 1.54) is 4.88 Å². The Morgan fingerprint density at radius 2 is 2.47 bits per heavy atom. The number of hydrogen-bond acceptors (Lipinski definition) is 3. The summed E-state index contributed by atoms with van der Waals surface area (Å²) in [5.74, 6) is 5.93. The maximum absolute atomic E-state index is 5.34. The zero-order valence-corrected chi connectivity index (χ0v) is 9.00. The number of thiophene rings is 1. The highest BCUT2D eigenvalue weighted by Gasteiger charge is 2.02. The normalized spacial score (nSPS) is 9.67. The lowest BCUT2D eigenvalue weighted by molar-refractivity contribution is 0.694. The first-order chi connectivity index (χ1) is 7.40. The molecule has 2 aromatic heterocycles. The predicted octanol–water partition coefficient (Wildman–Crippen LogP) is 1.30. The summed E-state index contributed by atoms with van der Waals surface area (Å²) in [5, 5.41) is 6.20. The zero-order chi connectivity index (χ0) is 10.5. The van der Waals surface area contributed by atoms with Crippen LogP contribution in [0.1, 0.15) is 10.4 Å². The average Bonchev–Trinajstić information content (AvgIpc) is 2.87. The van der Waals surface area contributed by atoms with Crippen LogP contribution in [0.3, 0.4) is 0 Å². The molecule has 0 aliphatic heterocycles. The molecular formula is C11H11N3S. The first kappa shape index (κ1) is 9.97. The highest BCUT2D eigenvalue weighted by molar-refractivity contribution is 7.10. The Morgan fingerprint density at radius 1 is 1.53 bits per heavy atom. The van der Waals surface area contributed by atoms with Crippen LogP contribution in [0.2, 0.25) is 0 Å². The maximum Gasteiger partial charge on any atom is 0.0764 e. The van der Waals surface area contributed by atoms with Gasteiger partial charge in [-0.2, -0.15) is 5.10 Å². The van der Waals surface area contributed by atoms with E-state index in [4.69, 9.17) is 5.73 Å². The molecule has 0 saturated carbocycles. The van der Waals surface area contributed by atoms with Crippen LogP contribution >= 0.6 is 11.3 Å². The quantitative estimate of drug-likeness (QED) is 0.771. The number of nitrogens with two attached hydrogens (primary N) is 1. The second-order valence-corrected chi connectivity index (χ2v) is 3.97. The van der Waals surface area contributed by atoms with E-state index < -0.39 is 0 Å². The predicted molar refractivity (Wildman–Crippen MR) is 61.6 cm³/mol. The molecule has 15 heavy (non-hydrogen) atoms. The summed E-state index contributed by atoms with van der Waals surface area (Å²) in [6.45, 7) is 1.18. The number of rotatable bonds is 2. The lowest BCUT2D eigenvalue weighted by Gasteiger charge is -1.98. The maximum atomic E-state index is 5.34. The smallest absolute Gasteiger partial charge is 0.0764 e. The minimum absolute atomic E-state index is 0.400. The zero-order valence-electron chi connectivity index (χ0n) is 8.18. The molecule has 0 aliphatic carbocycles. The van der Waals surface area contributed by atoms with E-state index in [2.05, 4.69) is 16.9 Å². The first-order valence-electron chi connectivity index (χ1n) is 4.63. The average molecular weight is 217 g/mol. The van der Waals surface area contributed by atoms with Crippen molar-refractivity contribution in [3.8, 4) is 11.8 Å². The lowest BCUT2D eigenvalue weighted by atomic mass is 10.2. The molecule has 0 radical (unpaired) electrons. The second-order valence-electron chi connectivity index (χ2n) is 2.97. The molecule has 3 nitrogen and oxygen atoms in total. The van der Waals surface area contributed by atoms with Crippen LogP contribution in [0.4, 0.5) is 0 Å². The van der Waals surface area contributed by atoms with Gasteiger partial charge in [-0.1, -0.05) is 11.8 Å².